The van der Waals surface area contributed by atoms with Crippen LogP contribution in [-0.4, -0.2) is 28.0 Å². The van der Waals surface area contributed by atoms with Crippen molar-refractivity contribution in [1.82, 2.24) is 15.0 Å². The van der Waals surface area contributed by atoms with E-state index in [1.165, 1.54) is 6.20 Å². The Morgan fingerprint density at radius 3 is 2.71 bits per heavy atom. The van der Waals surface area contributed by atoms with Crippen molar-refractivity contribution in [3.05, 3.63) is 47.7 Å². The number of anilines is 2. The van der Waals surface area contributed by atoms with E-state index in [1.807, 2.05) is 13.0 Å². The molecule has 0 bridgehead atoms. The second kappa shape index (κ2) is 7.16. The molecule has 0 saturated heterocycles. The van der Waals surface area contributed by atoms with Crippen molar-refractivity contribution in [2.24, 2.45) is 5.92 Å². The third-order valence-electron chi connectivity index (χ3n) is 4.61. The maximum Gasteiger partial charge on any atom is 0.228 e. The Morgan fingerprint density at radius 2 is 1.96 bits per heavy atom. The molecule has 3 aromatic rings. The molecule has 3 N–H and O–H groups in total. The number of carbonyl (C=O) groups is 1. The zero-order valence-corrected chi connectivity index (χ0v) is 15.6. The van der Waals surface area contributed by atoms with Gasteiger partial charge in [-0.05, 0) is 31.8 Å². The van der Waals surface area contributed by atoms with Crippen LogP contribution < -0.4 is 15.8 Å². The number of nitrogens with one attached hydrogen (secondary N) is 1. The molecule has 0 radical (unpaired) electrons. The van der Waals surface area contributed by atoms with E-state index in [9.17, 15) is 4.79 Å². The smallest absolute Gasteiger partial charge is 0.228 e. The number of pyridine rings is 3. The highest BCUT2D eigenvalue weighted by atomic mass is 16.5. The minimum atomic E-state index is 0.0171. The molecule has 0 spiro atoms. The Kier molecular flexibility index (Phi) is 4.53. The van der Waals surface area contributed by atoms with Gasteiger partial charge in [0.15, 0.2) is 0 Å². The number of nitrogens with zero attached hydrogens (tertiary/aromatic N) is 3. The van der Waals surface area contributed by atoms with Crippen LogP contribution in [0, 0.1) is 24.7 Å². The van der Waals surface area contributed by atoms with Crippen LogP contribution in [0.3, 0.4) is 0 Å². The minimum absolute atomic E-state index is 0.0171. The first-order chi connectivity index (χ1) is 13.5. The van der Waals surface area contributed by atoms with Crippen LogP contribution in [0.25, 0.3) is 10.8 Å². The molecule has 0 unspecified atom stereocenters. The first-order valence-corrected chi connectivity index (χ1v) is 8.93. The summed E-state index contributed by atoms with van der Waals surface area (Å²) in [4.78, 5) is 25.0. The van der Waals surface area contributed by atoms with E-state index in [1.54, 1.807) is 25.6 Å². The van der Waals surface area contributed by atoms with Gasteiger partial charge in [0.2, 0.25) is 5.91 Å². The lowest BCUT2D eigenvalue weighted by Gasteiger charge is -2.08. The molecular weight excluding hydrogens is 354 g/mol. The van der Waals surface area contributed by atoms with Crippen molar-refractivity contribution < 1.29 is 9.53 Å². The van der Waals surface area contributed by atoms with Crippen LogP contribution in [0.2, 0.25) is 0 Å². The predicted octanol–water partition coefficient (Wildman–Crippen LogP) is 2.67. The van der Waals surface area contributed by atoms with Crippen molar-refractivity contribution in [2.75, 3.05) is 18.2 Å². The number of nitrogen functional groups attached to an aromatic ring is 1. The summed E-state index contributed by atoms with van der Waals surface area (Å²) in [7, 11) is 1.55. The van der Waals surface area contributed by atoms with Crippen molar-refractivity contribution >= 4 is 28.2 Å². The first-order valence-electron chi connectivity index (χ1n) is 8.93. The molecule has 7 nitrogen and oxygen atoms in total. The van der Waals surface area contributed by atoms with E-state index in [0.717, 1.165) is 34.9 Å². The third kappa shape index (κ3) is 3.58. The van der Waals surface area contributed by atoms with Gasteiger partial charge in [0.05, 0.1) is 24.6 Å². The molecule has 7 heteroatoms. The number of aromatic nitrogens is 3. The van der Waals surface area contributed by atoms with E-state index in [0.29, 0.717) is 22.9 Å². The summed E-state index contributed by atoms with van der Waals surface area (Å²) in [5, 5.41) is 4.64. The van der Waals surface area contributed by atoms with Gasteiger partial charge in [0.1, 0.15) is 17.3 Å². The van der Waals surface area contributed by atoms with E-state index in [-0.39, 0.29) is 11.8 Å². The molecule has 140 valence electrons. The van der Waals surface area contributed by atoms with Crippen LogP contribution in [0.1, 0.15) is 29.8 Å². The molecule has 28 heavy (non-hydrogen) atoms. The Morgan fingerprint density at radius 1 is 1.14 bits per heavy atom. The standard InChI is InChI=1S/C21H19N5O2/c1-12-17-10-25-20(26-21(27)13-3-4-13)8-16(17)14(9-23-12)5-6-15-7-19(28-2)18(22)11-24-15/h7-11,13H,3-4,22H2,1-2H3,(H,25,26,27). The van der Waals surface area contributed by atoms with Crippen molar-refractivity contribution in [2.45, 2.75) is 19.8 Å². The third-order valence-corrected chi connectivity index (χ3v) is 4.61. The zero-order chi connectivity index (χ0) is 19.7. The lowest BCUT2D eigenvalue weighted by molar-refractivity contribution is -0.117. The summed E-state index contributed by atoms with van der Waals surface area (Å²) in [6.07, 6.45) is 6.83. The Balaban J connectivity index is 1.72. The van der Waals surface area contributed by atoms with E-state index in [2.05, 4.69) is 32.1 Å². The second-order valence-electron chi connectivity index (χ2n) is 6.70. The number of hydrogen-bond acceptors (Lipinski definition) is 6. The highest BCUT2D eigenvalue weighted by molar-refractivity contribution is 5.96. The summed E-state index contributed by atoms with van der Waals surface area (Å²) in [6, 6.07) is 3.53. The zero-order valence-electron chi connectivity index (χ0n) is 15.6. The van der Waals surface area contributed by atoms with E-state index in [4.69, 9.17) is 10.5 Å². The normalized spacial score (nSPS) is 12.9. The van der Waals surface area contributed by atoms with Gasteiger partial charge in [-0.25, -0.2) is 9.97 Å². The van der Waals surface area contributed by atoms with E-state index < -0.39 is 0 Å². The summed E-state index contributed by atoms with van der Waals surface area (Å²) in [5.74, 6) is 7.30. The summed E-state index contributed by atoms with van der Waals surface area (Å²) in [5.41, 5.74) is 8.36. The fourth-order valence-electron chi connectivity index (χ4n) is 2.83. The number of hydrogen-bond donors (Lipinski definition) is 2. The van der Waals surface area contributed by atoms with Crippen LogP contribution >= 0.6 is 0 Å². The van der Waals surface area contributed by atoms with Crippen LogP contribution in [-0.2, 0) is 4.79 Å². The molecule has 1 amide bonds. The highest BCUT2D eigenvalue weighted by Gasteiger charge is 2.29. The monoisotopic (exact) mass is 373 g/mol. The topological polar surface area (TPSA) is 103 Å². The largest absolute Gasteiger partial charge is 0.494 e. The molecule has 0 aromatic carbocycles. The Bertz CT molecular complexity index is 1140. The van der Waals surface area contributed by atoms with Gasteiger partial charge in [-0.2, -0.15) is 0 Å². The fraction of sp³-hybridized carbons (Fsp3) is 0.238. The van der Waals surface area contributed by atoms with Crippen LogP contribution in [0.4, 0.5) is 11.5 Å². The number of carbonyl (C=O) groups excluding carboxylic acids is 1. The quantitative estimate of drug-likeness (QED) is 0.684. The van der Waals surface area contributed by atoms with Gasteiger partial charge in [0.25, 0.3) is 0 Å². The molecule has 1 aliphatic rings. The first kappa shape index (κ1) is 17.7. The van der Waals surface area contributed by atoms with Gasteiger partial charge in [-0.3, -0.25) is 9.78 Å². The van der Waals surface area contributed by atoms with E-state index >= 15 is 0 Å². The van der Waals surface area contributed by atoms with Gasteiger partial charge in [-0.1, -0.05) is 5.92 Å². The lowest BCUT2D eigenvalue weighted by atomic mass is 10.1. The van der Waals surface area contributed by atoms with Crippen molar-refractivity contribution in [3.63, 3.8) is 0 Å². The van der Waals surface area contributed by atoms with Crippen LogP contribution in [0.5, 0.6) is 5.75 Å². The molecule has 3 heterocycles. The number of nitrogens with two attached hydrogens (primary N) is 1. The number of methoxy groups -OCH3 is 1. The maximum atomic E-state index is 12.0. The number of fused-ring (bicyclic) bond motifs is 1. The maximum absolute atomic E-state index is 12.0. The molecule has 1 saturated carbocycles. The Labute approximate surface area is 162 Å². The Hall–Kier alpha value is -3.66. The van der Waals surface area contributed by atoms with Crippen LogP contribution in [0.15, 0.2) is 30.7 Å². The predicted molar refractivity (Wildman–Crippen MR) is 107 cm³/mol. The molecule has 0 atom stereocenters. The van der Waals surface area contributed by atoms with Gasteiger partial charge in [0, 0.05) is 40.8 Å². The molecule has 0 aliphatic heterocycles. The van der Waals surface area contributed by atoms with Gasteiger partial charge >= 0.3 is 0 Å². The fourth-order valence-corrected chi connectivity index (χ4v) is 2.83. The second-order valence-corrected chi connectivity index (χ2v) is 6.70. The molecule has 1 aliphatic carbocycles. The average Bonchev–Trinajstić information content (AvgIpc) is 3.54. The minimum Gasteiger partial charge on any atom is -0.494 e. The SMILES string of the molecule is COc1cc(C#Cc2cnc(C)c3cnc(NC(=O)C4CC4)cc23)ncc1N. The summed E-state index contributed by atoms with van der Waals surface area (Å²) >= 11 is 0. The van der Waals surface area contributed by atoms with Crippen molar-refractivity contribution in [3.8, 4) is 17.6 Å². The van der Waals surface area contributed by atoms with Crippen molar-refractivity contribution in [1.29, 1.82) is 0 Å². The number of amides is 1. The van der Waals surface area contributed by atoms with Gasteiger partial charge in [-0.15, -0.1) is 0 Å². The molecule has 4 rings (SSSR count). The lowest BCUT2D eigenvalue weighted by Crippen LogP contribution is -2.14. The molecular formula is C21H19N5O2. The summed E-state index contributed by atoms with van der Waals surface area (Å²) in [6.45, 7) is 1.91. The summed E-state index contributed by atoms with van der Waals surface area (Å²) < 4.78 is 5.21. The average molecular weight is 373 g/mol. The highest BCUT2D eigenvalue weighted by Crippen LogP contribution is 2.30. The molecule has 1 fully saturated rings. The molecule has 3 aromatic heterocycles. The number of rotatable bonds is 3. The van der Waals surface area contributed by atoms with Gasteiger partial charge < -0.3 is 15.8 Å². The number of aryl methyl sites for hydroxylation is 1. The number of ether oxygens (including phenoxy) is 1.